The second kappa shape index (κ2) is 11.8. The lowest BCUT2D eigenvalue weighted by Crippen LogP contribution is -2.40. The number of nitrogens with one attached hydrogen (secondary N) is 2. The molecule has 0 spiro atoms. The Morgan fingerprint density at radius 2 is 1.96 bits per heavy atom. The summed E-state index contributed by atoms with van der Waals surface area (Å²) in [7, 11) is 5.77. The van der Waals surface area contributed by atoms with E-state index in [0.717, 1.165) is 44.2 Å². The summed E-state index contributed by atoms with van der Waals surface area (Å²) in [4.78, 5) is 9.33. The summed E-state index contributed by atoms with van der Waals surface area (Å²) in [6.07, 6.45) is 3.36. The van der Waals surface area contributed by atoms with E-state index in [-0.39, 0.29) is 0 Å². The number of hydrogen-bond donors (Lipinski definition) is 2. The Morgan fingerprint density at radius 1 is 1.15 bits per heavy atom. The number of ether oxygens (including phenoxy) is 1. The number of likely N-dealkylation sites (N-methyl/N-ethyl adjacent to an activating group) is 1. The summed E-state index contributed by atoms with van der Waals surface area (Å²) in [6.45, 7) is 9.83. The summed E-state index contributed by atoms with van der Waals surface area (Å²) in [6, 6.07) is 6.39. The maximum Gasteiger partial charge on any atom is 0.190 e. The van der Waals surface area contributed by atoms with Gasteiger partial charge in [0.1, 0.15) is 5.75 Å². The van der Waals surface area contributed by atoms with Crippen LogP contribution in [0.5, 0.6) is 5.75 Å². The van der Waals surface area contributed by atoms with Crippen molar-refractivity contribution in [3.05, 3.63) is 29.3 Å². The number of aliphatic imine (C=N–C) groups is 1. The number of methoxy groups -OCH3 is 1. The van der Waals surface area contributed by atoms with Crippen molar-refractivity contribution in [2.24, 2.45) is 4.99 Å². The van der Waals surface area contributed by atoms with Crippen molar-refractivity contribution in [1.29, 1.82) is 0 Å². The lowest BCUT2D eigenvalue weighted by molar-refractivity contribution is 0.274. The van der Waals surface area contributed by atoms with Gasteiger partial charge in [0.05, 0.1) is 7.11 Å². The Morgan fingerprint density at radius 3 is 2.74 bits per heavy atom. The molecule has 0 aliphatic carbocycles. The number of nitrogens with zero attached hydrogens (tertiary/aromatic N) is 3. The van der Waals surface area contributed by atoms with E-state index in [0.29, 0.717) is 0 Å². The molecule has 0 radical (unpaired) electrons. The van der Waals surface area contributed by atoms with E-state index >= 15 is 0 Å². The molecule has 1 aromatic carbocycles. The van der Waals surface area contributed by atoms with Gasteiger partial charge in [-0.3, -0.25) is 4.99 Å². The van der Waals surface area contributed by atoms with Crippen LogP contribution in [0.4, 0.5) is 0 Å². The van der Waals surface area contributed by atoms with Crippen LogP contribution in [-0.2, 0) is 6.42 Å². The minimum Gasteiger partial charge on any atom is -0.496 e. The molecule has 0 amide bonds. The molecule has 0 aromatic heterocycles. The first-order valence-corrected chi connectivity index (χ1v) is 10.1. The average molecular weight is 376 g/mol. The lowest BCUT2D eigenvalue weighted by Gasteiger charge is -2.20. The van der Waals surface area contributed by atoms with Gasteiger partial charge in [-0.05, 0) is 70.1 Å². The van der Waals surface area contributed by atoms with Crippen molar-refractivity contribution in [2.75, 3.05) is 67.0 Å². The van der Waals surface area contributed by atoms with Crippen LogP contribution in [0.3, 0.4) is 0 Å². The molecule has 0 bridgehead atoms. The van der Waals surface area contributed by atoms with Crippen molar-refractivity contribution in [3.8, 4) is 5.75 Å². The molecule has 1 saturated heterocycles. The van der Waals surface area contributed by atoms with Crippen LogP contribution in [0.2, 0.25) is 0 Å². The van der Waals surface area contributed by atoms with Gasteiger partial charge >= 0.3 is 0 Å². The van der Waals surface area contributed by atoms with Gasteiger partial charge in [0.2, 0.25) is 0 Å². The number of rotatable bonds is 8. The predicted molar refractivity (Wildman–Crippen MR) is 114 cm³/mol. The van der Waals surface area contributed by atoms with Gasteiger partial charge in [0.15, 0.2) is 5.96 Å². The molecule has 1 heterocycles. The molecule has 2 N–H and O–H groups in total. The molecule has 1 aliphatic heterocycles. The normalized spacial score (nSPS) is 16.8. The van der Waals surface area contributed by atoms with Gasteiger partial charge in [-0.15, -0.1) is 0 Å². The molecule has 1 aliphatic rings. The molecule has 0 saturated carbocycles. The van der Waals surface area contributed by atoms with Crippen molar-refractivity contribution < 1.29 is 4.74 Å². The zero-order valence-corrected chi connectivity index (χ0v) is 17.6. The summed E-state index contributed by atoms with van der Waals surface area (Å²) in [5, 5.41) is 6.83. The van der Waals surface area contributed by atoms with E-state index < -0.39 is 0 Å². The highest BCUT2D eigenvalue weighted by molar-refractivity contribution is 5.79. The van der Waals surface area contributed by atoms with E-state index in [9.17, 15) is 0 Å². The second-order valence-corrected chi connectivity index (χ2v) is 7.33. The van der Waals surface area contributed by atoms with Gasteiger partial charge in [-0.25, -0.2) is 0 Å². The minimum absolute atomic E-state index is 0.852. The average Bonchev–Trinajstić information content (AvgIpc) is 2.89. The van der Waals surface area contributed by atoms with Crippen molar-refractivity contribution >= 4 is 5.96 Å². The quantitative estimate of drug-likeness (QED) is 0.412. The predicted octanol–water partition coefficient (Wildman–Crippen LogP) is 1.74. The Labute approximate surface area is 165 Å². The molecular weight excluding hydrogens is 338 g/mol. The monoisotopic (exact) mass is 375 g/mol. The highest BCUT2D eigenvalue weighted by atomic mass is 16.5. The molecule has 0 atom stereocenters. The van der Waals surface area contributed by atoms with Crippen LogP contribution < -0.4 is 15.4 Å². The number of guanidine groups is 1. The summed E-state index contributed by atoms with van der Waals surface area (Å²) < 4.78 is 5.40. The minimum atomic E-state index is 0.852. The number of aryl methyl sites for hydroxylation is 1. The smallest absolute Gasteiger partial charge is 0.190 e. The van der Waals surface area contributed by atoms with E-state index in [1.165, 1.54) is 43.7 Å². The molecule has 2 rings (SSSR count). The summed E-state index contributed by atoms with van der Waals surface area (Å²) in [5.74, 6) is 1.83. The third-order valence-corrected chi connectivity index (χ3v) is 5.16. The van der Waals surface area contributed by atoms with Crippen LogP contribution in [0.25, 0.3) is 0 Å². The fourth-order valence-electron chi connectivity index (χ4n) is 3.40. The first-order valence-electron chi connectivity index (χ1n) is 10.1. The lowest BCUT2D eigenvalue weighted by atomic mass is 10.1. The van der Waals surface area contributed by atoms with Crippen LogP contribution >= 0.6 is 0 Å². The maximum atomic E-state index is 5.40. The molecule has 0 unspecified atom stereocenters. The highest BCUT2D eigenvalue weighted by Gasteiger charge is 2.11. The molecule has 1 aromatic rings. The van der Waals surface area contributed by atoms with Crippen LogP contribution in [0, 0.1) is 6.92 Å². The van der Waals surface area contributed by atoms with Crippen molar-refractivity contribution in [2.45, 2.75) is 26.2 Å². The highest BCUT2D eigenvalue weighted by Crippen LogP contribution is 2.18. The van der Waals surface area contributed by atoms with Gasteiger partial charge in [-0.1, -0.05) is 12.1 Å². The van der Waals surface area contributed by atoms with Gasteiger partial charge in [-0.2, -0.15) is 0 Å². The number of hydrogen-bond acceptors (Lipinski definition) is 4. The van der Waals surface area contributed by atoms with Crippen molar-refractivity contribution in [1.82, 2.24) is 20.4 Å². The first-order chi connectivity index (χ1) is 13.1. The fourth-order valence-corrected chi connectivity index (χ4v) is 3.40. The third-order valence-electron chi connectivity index (χ3n) is 5.16. The molecule has 6 heteroatoms. The molecular formula is C21H37N5O. The number of benzene rings is 1. The van der Waals surface area contributed by atoms with E-state index in [4.69, 9.17) is 4.74 Å². The zero-order chi connectivity index (χ0) is 19.5. The Balaban J connectivity index is 1.63. The van der Waals surface area contributed by atoms with Crippen LogP contribution in [0.15, 0.2) is 23.2 Å². The van der Waals surface area contributed by atoms with Crippen LogP contribution in [-0.4, -0.2) is 82.8 Å². The van der Waals surface area contributed by atoms with Gasteiger partial charge in [0.25, 0.3) is 0 Å². The second-order valence-electron chi connectivity index (χ2n) is 7.33. The van der Waals surface area contributed by atoms with Crippen LogP contribution in [0.1, 0.15) is 24.0 Å². The molecule has 1 fully saturated rings. The summed E-state index contributed by atoms with van der Waals surface area (Å²) >= 11 is 0. The molecule has 27 heavy (non-hydrogen) atoms. The Bertz CT molecular complexity index is 590. The maximum absolute atomic E-state index is 5.40. The van der Waals surface area contributed by atoms with E-state index in [1.54, 1.807) is 7.11 Å². The largest absolute Gasteiger partial charge is 0.496 e. The van der Waals surface area contributed by atoms with E-state index in [2.05, 4.69) is 57.6 Å². The summed E-state index contributed by atoms with van der Waals surface area (Å²) in [5.41, 5.74) is 2.44. The standard InChI is InChI=1S/C21H37N5O/c1-18-7-8-19(17-20(18)27-4)9-11-24-21(22-2)23-10-5-13-26-14-6-12-25(3)15-16-26/h7-8,17H,5-6,9-16H2,1-4H3,(H2,22,23,24). The van der Waals surface area contributed by atoms with E-state index in [1.807, 2.05) is 7.05 Å². The Kier molecular flexibility index (Phi) is 9.42. The van der Waals surface area contributed by atoms with Crippen molar-refractivity contribution in [3.63, 3.8) is 0 Å². The third kappa shape index (κ3) is 7.77. The zero-order valence-electron chi connectivity index (χ0n) is 17.6. The molecule has 152 valence electrons. The Hall–Kier alpha value is -1.79. The van der Waals surface area contributed by atoms with Gasteiger partial charge in [0, 0.05) is 33.2 Å². The fraction of sp³-hybridized carbons (Fsp3) is 0.667. The molecule has 6 nitrogen and oxygen atoms in total. The SMILES string of the molecule is CN=C(NCCCN1CCCN(C)CC1)NCCc1ccc(C)c(OC)c1. The van der Waals surface area contributed by atoms with Gasteiger partial charge < -0.3 is 25.2 Å². The topological polar surface area (TPSA) is 52.1 Å². The first kappa shape index (κ1) is 21.5.